The van der Waals surface area contributed by atoms with Crippen LogP contribution in [-0.2, 0) is 4.79 Å². The Balaban J connectivity index is 1.69. The molecule has 3 amide bonds. The number of methoxy groups -OCH3 is 2. The van der Waals surface area contributed by atoms with Gasteiger partial charge in [0.1, 0.15) is 17.5 Å². The van der Waals surface area contributed by atoms with Crippen molar-refractivity contribution in [1.82, 2.24) is 4.90 Å². The maximum atomic E-state index is 13.8. The molecule has 3 aromatic carbocycles. The van der Waals surface area contributed by atoms with Crippen molar-refractivity contribution < 1.29 is 23.9 Å². The molecule has 0 N–H and O–H groups in total. The monoisotopic (exact) mass is 612 g/mol. The van der Waals surface area contributed by atoms with Crippen LogP contribution in [0.4, 0.5) is 5.69 Å². The number of rotatable bonds is 5. The SMILES string of the molecule is COc1ccc(OC)c([C@@H]2[C@H](N3C(=O)c4c(Cl)c(Cl)c(Cl)c(Cl)c4C3=O)C(=O)N2c2ccc(C)c(Cl)c2)c1. The quantitative estimate of drug-likeness (QED) is 0.134. The van der Waals surface area contributed by atoms with E-state index in [0.717, 1.165) is 10.5 Å². The van der Waals surface area contributed by atoms with Crippen LogP contribution >= 0.6 is 58.0 Å². The lowest BCUT2D eigenvalue weighted by Crippen LogP contribution is -2.67. The Morgan fingerprint density at radius 2 is 1.32 bits per heavy atom. The van der Waals surface area contributed by atoms with Crippen LogP contribution in [0.1, 0.15) is 37.9 Å². The number of fused-ring (bicyclic) bond motifs is 1. The van der Waals surface area contributed by atoms with Crippen molar-refractivity contribution in [3.05, 3.63) is 83.8 Å². The fourth-order valence-corrected chi connectivity index (χ4v) is 5.93. The highest BCUT2D eigenvalue weighted by Gasteiger charge is 2.59. The lowest BCUT2D eigenvalue weighted by Gasteiger charge is -2.50. The highest BCUT2D eigenvalue weighted by molar-refractivity contribution is 6.55. The molecule has 0 bridgehead atoms. The van der Waals surface area contributed by atoms with Crippen molar-refractivity contribution in [2.45, 2.75) is 19.0 Å². The summed E-state index contributed by atoms with van der Waals surface area (Å²) in [5.41, 5.74) is 1.36. The topological polar surface area (TPSA) is 76.1 Å². The highest BCUT2D eigenvalue weighted by Crippen LogP contribution is 2.51. The van der Waals surface area contributed by atoms with E-state index in [1.807, 2.05) is 6.92 Å². The second-order valence-electron chi connectivity index (χ2n) is 8.63. The summed E-state index contributed by atoms with van der Waals surface area (Å²) in [6.45, 7) is 1.83. The summed E-state index contributed by atoms with van der Waals surface area (Å²) in [5.74, 6) is -1.27. The van der Waals surface area contributed by atoms with E-state index in [0.29, 0.717) is 27.8 Å². The normalized spacial score (nSPS) is 18.6. The van der Waals surface area contributed by atoms with E-state index >= 15 is 0 Å². The molecule has 2 aliphatic rings. The highest BCUT2D eigenvalue weighted by atomic mass is 35.5. The minimum atomic E-state index is -1.27. The number of imide groups is 1. The summed E-state index contributed by atoms with van der Waals surface area (Å²) in [6.07, 6.45) is 0. The van der Waals surface area contributed by atoms with Gasteiger partial charge in [-0.15, -0.1) is 0 Å². The molecule has 38 heavy (non-hydrogen) atoms. The van der Waals surface area contributed by atoms with Gasteiger partial charge in [-0.1, -0.05) is 64.1 Å². The fourth-order valence-electron chi connectivity index (χ4n) is 4.74. The number of ether oxygens (including phenoxy) is 2. The van der Waals surface area contributed by atoms with Crippen LogP contribution in [0.15, 0.2) is 36.4 Å². The average Bonchev–Trinajstić information content (AvgIpc) is 3.16. The van der Waals surface area contributed by atoms with Crippen LogP contribution in [0.2, 0.25) is 25.1 Å². The Kier molecular flexibility index (Phi) is 6.95. The largest absolute Gasteiger partial charge is 0.497 e. The van der Waals surface area contributed by atoms with Gasteiger partial charge in [0, 0.05) is 16.3 Å². The third-order valence-corrected chi connectivity index (χ3v) is 8.88. The smallest absolute Gasteiger partial charge is 0.264 e. The minimum Gasteiger partial charge on any atom is -0.497 e. The van der Waals surface area contributed by atoms with E-state index in [1.165, 1.54) is 19.1 Å². The third kappa shape index (κ3) is 3.83. The first-order valence-electron chi connectivity index (χ1n) is 11.1. The molecule has 5 rings (SSSR count). The Labute approximate surface area is 242 Å². The first kappa shape index (κ1) is 26.9. The van der Waals surface area contributed by atoms with E-state index in [1.54, 1.807) is 36.4 Å². The molecule has 0 saturated carbocycles. The fraction of sp³-hybridized carbons (Fsp3) is 0.192. The van der Waals surface area contributed by atoms with Crippen molar-refractivity contribution in [3.63, 3.8) is 0 Å². The second kappa shape index (κ2) is 9.81. The average molecular weight is 615 g/mol. The summed E-state index contributed by atoms with van der Waals surface area (Å²) in [7, 11) is 2.97. The maximum Gasteiger partial charge on any atom is 0.264 e. The Morgan fingerprint density at radius 1 is 0.711 bits per heavy atom. The van der Waals surface area contributed by atoms with Gasteiger partial charge in [0.15, 0.2) is 0 Å². The second-order valence-corrected chi connectivity index (χ2v) is 10.5. The molecule has 2 heterocycles. The lowest BCUT2D eigenvalue weighted by atomic mass is 9.85. The summed E-state index contributed by atoms with van der Waals surface area (Å²) in [5, 5.41) is -0.328. The molecule has 2 atom stereocenters. The number of benzene rings is 3. The third-order valence-electron chi connectivity index (χ3n) is 6.67. The zero-order chi connectivity index (χ0) is 27.6. The molecule has 0 spiro atoms. The van der Waals surface area contributed by atoms with E-state index < -0.39 is 29.8 Å². The molecule has 196 valence electrons. The number of anilines is 1. The number of hydrogen-bond donors (Lipinski definition) is 0. The Morgan fingerprint density at radius 3 is 1.84 bits per heavy atom. The van der Waals surface area contributed by atoms with Gasteiger partial charge >= 0.3 is 0 Å². The minimum absolute atomic E-state index is 0.165. The van der Waals surface area contributed by atoms with Crippen LogP contribution in [0.3, 0.4) is 0 Å². The van der Waals surface area contributed by atoms with Crippen LogP contribution in [0.5, 0.6) is 11.5 Å². The van der Waals surface area contributed by atoms with Gasteiger partial charge in [-0.25, -0.2) is 0 Å². The number of carbonyl (C=O) groups excluding carboxylic acids is 3. The van der Waals surface area contributed by atoms with Crippen LogP contribution in [0.25, 0.3) is 0 Å². The van der Waals surface area contributed by atoms with Crippen molar-refractivity contribution in [3.8, 4) is 11.5 Å². The van der Waals surface area contributed by atoms with Crippen molar-refractivity contribution >= 4 is 81.4 Å². The van der Waals surface area contributed by atoms with Crippen LogP contribution in [0, 0.1) is 6.92 Å². The van der Waals surface area contributed by atoms with Gasteiger partial charge in [0.05, 0.1) is 51.5 Å². The number of hydrogen-bond acceptors (Lipinski definition) is 5. The number of β-lactam (4-membered cyclic amide) rings is 1. The molecule has 7 nitrogen and oxygen atoms in total. The summed E-state index contributed by atoms with van der Waals surface area (Å²) < 4.78 is 11.0. The maximum absolute atomic E-state index is 13.8. The van der Waals surface area contributed by atoms with Gasteiger partial charge in [0.25, 0.3) is 17.7 Å². The standard InChI is InChI=1S/C26H17Cl5N2O5/c1-10-4-5-11(8-14(10)27)32-22(13-9-12(37-2)6-7-15(13)38-3)23(26(32)36)33-24(34)16-17(25(33)35)19(29)21(31)20(30)18(16)28/h4-9,22-23H,1-3H3/t22-,23+/m1/s1. The number of nitrogens with zero attached hydrogens (tertiary/aromatic N) is 2. The van der Waals surface area contributed by atoms with Gasteiger partial charge in [-0.05, 0) is 42.8 Å². The van der Waals surface area contributed by atoms with Crippen molar-refractivity contribution in [1.29, 1.82) is 0 Å². The van der Waals surface area contributed by atoms with E-state index in [2.05, 4.69) is 0 Å². The van der Waals surface area contributed by atoms with Crippen molar-refractivity contribution in [2.75, 3.05) is 19.1 Å². The summed E-state index contributed by atoms with van der Waals surface area (Å²) in [4.78, 5) is 43.3. The van der Waals surface area contributed by atoms with Crippen LogP contribution < -0.4 is 14.4 Å². The Bertz CT molecular complexity index is 1510. The molecular weight excluding hydrogens is 598 g/mol. The first-order valence-corrected chi connectivity index (χ1v) is 13.0. The first-order chi connectivity index (χ1) is 18.0. The molecule has 1 saturated heterocycles. The van der Waals surface area contributed by atoms with Gasteiger partial charge in [-0.3, -0.25) is 19.3 Å². The molecule has 3 aromatic rings. The predicted molar refractivity (Wildman–Crippen MR) is 147 cm³/mol. The van der Waals surface area contributed by atoms with Gasteiger partial charge in [-0.2, -0.15) is 0 Å². The molecule has 0 aromatic heterocycles. The van der Waals surface area contributed by atoms with E-state index in [4.69, 9.17) is 67.5 Å². The molecule has 1 fully saturated rings. The summed E-state index contributed by atoms with van der Waals surface area (Å²) in [6, 6.07) is 8.04. The van der Waals surface area contributed by atoms with E-state index in [9.17, 15) is 14.4 Å². The predicted octanol–water partition coefficient (Wildman–Crippen LogP) is 7.03. The number of amides is 3. The zero-order valence-corrected chi connectivity index (χ0v) is 23.7. The molecule has 0 radical (unpaired) electrons. The zero-order valence-electron chi connectivity index (χ0n) is 19.9. The Hall–Kier alpha value is -2.68. The molecule has 0 aliphatic carbocycles. The van der Waals surface area contributed by atoms with Gasteiger partial charge in [0.2, 0.25) is 0 Å². The molecule has 12 heteroatoms. The number of halogens is 5. The van der Waals surface area contributed by atoms with Gasteiger partial charge < -0.3 is 14.4 Å². The number of aryl methyl sites for hydroxylation is 1. The molecule has 2 aliphatic heterocycles. The number of carbonyl (C=O) groups is 3. The lowest BCUT2D eigenvalue weighted by molar-refractivity contribution is -0.130. The van der Waals surface area contributed by atoms with Crippen LogP contribution in [-0.4, -0.2) is 42.9 Å². The van der Waals surface area contributed by atoms with E-state index in [-0.39, 0.29) is 31.2 Å². The molecule has 0 unspecified atom stereocenters. The molecular formula is C26H17Cl5N2O5. The summed E-state index contributed by atoms with van der Waals surface area (Å²) >= 11 is 31.3. The van der Waals surface area contributed by atoms with Crippen molar-refractivity contribution in [2.24, 2.45) is 0 Å².